The van der Waals surface area contributed by atoms with E-state index in [1.165, 1.54) is 30.7 Å². The molecule has 0 saturated heterocycles. The molecule has 22 heavy (non-hydrogen) atoms. The summed E-state index contributed by atoms with van der Waals surface area (Å²) in [4.78, 5) is 32.2. The average Bonchev–Trinajstić information content (AvgIpc) is 2.52. The lowest BCUT2D eigenvalue weighted by atomic mass is 10.3. The standard InChI is InChI=1S/C12H12N6O4/c19-11(20)8-5-16-12(17-6-8)14-4-3-13-10-2-1-9(7-15-10)18(21)22/h1-2,5-7H,3-4H2,(H,13,15)(H,19,20)(H,14,16,17). The van der Waals surface area contributed by atoms with Gasteiger partial charge in [0.1, 0.15) is 12.0 Å². The van der Waals surface area contributed by atoms with E-state index in [9.17, 15) is 14.9 Å². The Bertz CT molecular complexity index is 599. The van der Waals surface area contributed by atoms with Gasteiger partial charge in [0.05, 0.1) is 10.5 Å². The van der Waals surface area contributed by atoms with E-state index in [0.29, 0.717) is 24.9 Å². The minimum absolute atomic E-state index is 0.0127. The molecule has 0 radical (unpaired) electrons. The van der Waals surface area contributed by atoms with Crippen LogP contribution in [0, 0.1) is 10.1 Å². The highest BCUT2D eigenvalue weighted by Crippen LogP contribution is 2.11. The van der Waals surface area contributed by atoms with Crippen molar-refractivity contribution in [3.63, 3.8) is 0 Å². The van der Waals surface area contributed by atoms with Gasteiger partial charge in [-0.1, -0.05) is 0 Å². The molecule has 0 saturated carbocycles. The van der Waals surface area contributed by atoms with Crippen molar-refractivity contribution < 1.29 is 14.8 Å². The molecule has 0 aliphatic heterocycles. The van der Waals surface area contributed by atoms with Gasteiger partial charge in [0.15, 0.2) is 0 Å². The van der Waals surface area contributed by atoms with Crippen LogP contribution in [0.2, 0.25) is 0 Å². The van der Waals surface area contributed by atoms with Gasteiger partial charge in [-0.25, -0.2) is 19.7 Å². The SMILES string of the molecule is O=C(O)c1cnc(NCCNc2ccc([N+](=O)[O-])cn2)nc1. The molecule has 0 aliphatic rings. The lowest BCUT2D eigenvalue weighted by Gasteiger charge is -2.06. The third-order valence-electron chi connectivity index (χ3n) is 2.57. The summed E-state index contributed by atoms with van der Waals surface area (Å²) in [6, 6.07) is 2.87. The van der Waals surface area contributed by atoms with Crippen molar-refractivity contribution in [3.8, 4) is 0 Å². The Morgan fingerprint density at radius 1 is 1.14 bits per heavy atom. The molecule has 3 N–H and O–H groups in total. The van der Waals surface area contributed by atoms with Gasteiger partial charge < -0.3 is 15.7 Å². The Hall–Kier alpha value is -3.30. The first kappa shape index (κ1) is 15.1. The molecule has 10 heteroatoms. The first-order chi connectivity index (χ1) is 10.6. The summed E-state index contributed by atoms with van der Waals surface area (Å²) in [7, 11) is 0. The molecule has 0 atom stereocenters. The summed E-state index contributed by atoms with van der Waals surface area (Å²) in [5.41, 5.74) is -0.0608. The summed E-state index contributed by atoms with van der Waals surface area (Å²) >= 11 is 0. The minimum atomic E-state index is -1.09. The summed E-state index contributed by atoms with van der Waals surface area (Å²) in [6.45, 7) is 0.944. The van der Waals surface area contributed by atoms with Crippen molar-refractivity contribution in [2.75, 3.05) is 23.7 Å². The number of nitrogens with one attached hydrogen (secondary N) is 2. The van der Waals surface area contributed by atoms with Crippen molar-refractivity contribution >= 4 is 23.4 Å². The van der Waals surface area contributed by atoms with Crippen molar-refractivity contribution in [2.24, 2.45) is 0 Å². The van der Waals surface area contributed by atoms with Crippen LogP contribution in [0.4, 0.5) is 17.5 Å². The average molecular weight is 304 g/mol. The third kappa shape index (κ3) is 4.10. The number of aromatic carboxylic acids is 1. The van der Waals surface area contributed by atoms with Crippen LogP contribution >= 0.6 is 0 Å². The number of rotatable bonds is 7. The Kier molecular flexibility index (Phi) is 4.75. The molecule has 2 aromatic heterocycles. The molecule has 10 nitrogen and oxygen atoms in total. The summed E-state index contributed by atoms with van der Waals surface area (Å²) < 4.78 is 0. The van der Waals surface area contributed by atoms with Crippen LogP contribution < -0.4 is 10.6 Å². The molecule has 0 amide bonds. The fourth-order valence-electron chi connectivity index (χ4n) is 1.49. The molecule has 0 aromatic carbocycles. The fraction of sp³-hybridized carbons (Fsp3) is 0.167. The molecule has 2 aromatic rings. The Labute approximate surface area is 124 Å². The van der Waals surface area contributed by atoms with Crippen molar-refractivity contribution in [1.29, 1.82) is 0 Å². The predicted octanol–water partition coefficient (Wildman–Crippen LogP) is 1.00. The second kappa shape index (κ2) is 6.92. The molecular formula is C12H12N6O4. The molecule has 0 unspecified atom stereocenters. The van der Waals surface area contributed by atoms with E-state index in [-0.39, 0.29) is 11.3 Å². The number of carboxylic acid groups (broad SMARTS) is 1. The van der Waals surface area contributed by atoms with Gasteiger partial charge in [-0.15, -0.1) is 0 Å². The molecule has 2 heterocycles. The largest absolute Gasteiger partial charge is 0.478 e. The van der Waals surface area contributed by atoms with Gasteiger partial charge in [0.25, 0.3) is 5.69 Å². The first-order valence-electron chi connectivity index (χ1n) is 6.20. The van der Waals surface area contributed by atoms with E-state index in [1.807, 2.05) is 0 Å². The van der Waals surface area contributed by atoms with Crippen LogP contribution in [0.5, 0.6) is 0 Å². The lowest BCUT2D eigenvalue weighted by molar-refractivity contribution is -0.385. The maximum atomic E-state index is 10.6. The maximum Gasteiger partial charge on any atom is 0.338 e. The number of pyridine rings is 1. The highest BCUT2D eigenvalue weighted by Gasteiger charge is 2.05. The zero-order valence-electron chi connectivity index (χ0n) is 11.3. The topological polar surface area (TPSA) is 143 Å². The Morgan fingerprint density at radius 2 is 1.82 bits per heavy atom. The van der Waals surface area contributed by atoms with Crippen LogP contribution in [0.15, 0.2) is 30.7 Å². The van der Waals surface area contributed by atoms with Crippen LogP contribution in [-0.2, 0) is 0 Å². The van der Waals surface area contributed by atoms with Gasteiger partial charge in [0, 0.05) is 31.5 Å². The molecule has 0 fully saturated rings. The number of hydrogen-bond donors (Lipinski definition) is 3. The predicted molar refractivity (Wildman–Crippen MR) is 76.9 cm³/mol. The highest BCUT2D eigenvalue weighted by molar-refractivity contribution is 5.86. The van der Waals surface area contributed by atoms with E-state index in [1.54, 1.807) is 0 Å². The molecule has 0 aliphatic carbocycles. The van der Waals surface area contributed by atoms with Crippen molar-refractivity contribution in [2.45, 2.75) is 0 Å². The second-order valence-corrected chi connectivity index (χ2v) is 4.11. The lowest BCUT2D eigenvalue weighted by Crippen LogP contribution is -2.16. The van der Waals surface area contributed by atoms with Gasteiger partial charge in [-0.05, 0) is 6.07 Å². The zero-order chi connectivity index (χ0) is 15.9. The third-order valence-corrected chi connectivity index (χ3v) is 2.57. The van der Waals surface area contributed by atoms with E-state index in [4.69, 9.17) is 5.11 Å². The number of carbonyl (C=O) groups is 1. The van der Waals surface area contributed by atoms with E-state index >= 15 is 0 Å². The number of nitro groups is 1. The molecular weight excluding hydrogens is 292 g/mol. The monoisotopic (exact) mass is 304 g/mol. The van der Waals surface area contributed by atoms with E-state index in [0.717, 1.165) is 0 Å². The number of carboxylic acids is 1. The zero-order valence-corrected chi connectivity index (χ0v) is 11.3. The minimum Gasteiger partial charge on any atom is -0.478 e. The Balaban J connectivity index is 1.77. The van der Waals surface area contributed by atoms with Gasteiger partial charge in [-0.2, -0.15) is 0 Å². The Morgan fingerprint density at radius 3 is 2.36 bits per heavy atom. The number of hydrogen-bond acceptors (Lipinski definition) is 8. The molecule has 0 spiro atoms. The quantitative estimate of drug-likeness (QED) is 0.387. The summed E-state index contributed by atoms with van der Waals surface area (Å²) in [5.74, 6) is -0.268. The van der Waals surface area contributed by atoms with Crippen LogP contribution in [0.25, 0.3) is 0 Å². The molecule has 114 valence electrons. The van der Waals surface area contributed by atoms with E-state index in [2.05, 4.69) is 25.6 Å². The van der Waals surface area contributed by atoms with Crippen LogP contribution in [0.1, 0.15) is 10.4 Å². The number of aromatic nitrogens is 3. The molecule has 0 bridgehead atoms. The second-order valence-electron chi connectivity index (χ2n) is 4.11. The molecule has 2 rings (SSSR count). The van der Waals surface area contributed by atoms with Gasteiger partial charge >= 0.3 is 5.97 Å². The van der Waals surface area contributed by atoms with Crippen molar-refractivity contribution in [3.05, 3.63) is 46.4 Å². The van der Waals surface area contributed by atoms with E-state index < -0.39 is 10.9 Å². The van der Waals surface area contributed by atoms with Gasteiger partial charge in [-0.3, -0.25) is 10.1 Å². The van der Waals surface area contributed by atoms with Crippen LogP contribution in [-0.4, -0.2) is 44.0 Å². The van der Waals surface area contributed by atoms with Crippen molar-refractivity contribution in [1.82, 2.24) is 15.0 Å². The summed E-state index contributed by atoms with van der Waals surface area (Å²) in [5, 5.41) is 25.1. The van der Waals surface area contributed by atoms with Crippen LogP contribution in [0.3, 0.4) is 0 Å². The first-order valence-corrected chi connectivity index (χ1v) is 6.20. The summed E-state index contributed by atoms with van der Waals surface area (Å²) in [6.07, 6.45) is 3.59. The highest BCUT2D eigenvalue weighted by atomic mass is 16.6. The maximum absolute atomic E-state index is 10.6. The number of anilines is 2. The fourth-order valence-corrected chi connectivity index (χ4v) is 1.49. The smallest absolute Gasteiger partial charge is 0.338 e. The number of nitrogens with zero attached hydrogens (tertiary/aromatic N) is 4. The van der Waals surface area contributed by atoms with Gasteiger partial charge in [0.2, 0.25) is 5.95 Å². The normalized spacial score (nSPS) is 10.0.